The van der Waals surface area contributed by atoms with Crippen LogP contribution in [-0.2, 0) is 16.6 Å². The second-order valence-electron chi connectivity index (χ2n) is 4.32. The van der Waals surface area contributed by atoms with Gasteiger partial charge in [-0.25, -0.2) is 8.42 Å². The van der Waals surface area contributed by atoms with Gasteiger partial charge in [0.25, 0.3) is 0 Å². The van der Waals surface area contributed by atoms with Crippen molar-refractivity contribution in [3.8, 4) is 0 Å². The molecule has 1 aromatic rings. The summed E-state index contributed by atoms with van der Waals surface area (Å²) in [4.78, 5) is 1.49. The molecule has 1 unspecified atom stereocenters. The fraction of sp³-hybridized carbons (Fsp3) is 0.636. The van der Waals surface area contributed by atoms with Gasteiger partial charge < -0.3 is 5.32 Å². The molecule has 1 aromatic heterocycles. The topological polar surface area (TPSA) is 49.4 Å². The zero-order valence-electron chi connectivity index (χ0n) is 10.5. The standard InChI is InChI=1S/C11H18N2O2S3/c1-9-7-16-4-3-13(9)18(14,15)11-5-10(6-12-2)17-8-11/h5,8-9,12H,3-4,6-7H2,1-2H3. The van der Waals surface area contributed by atoms with Crippen LogP contribution in [0.25, 0.3) is 0 Å². The van der Waals surface area contributed by atoms with Gasteiger partial charge in [-0.05, 0) is 20.0 Å². The molecule has 0 amide bonds. The molecule has 1 saturated heterocycles. The molecule has 0 saturated carbocycles. The van der Waals surface area contributed by atoms with E-state index >= 15 is 0 Å². The molecular weight excluding hydrogens is 288 g/mol. The van der Waals surface area contributed by atoms with E-state index in [1.807, 2.05) is 25.7 Å². The van der Waals surface area contributed by atoms with Crippen LogP contribution in [0.3, 0.4) is 0 Å². The van der Waals surface area contributed by atoms with Gasteiger partial charge in [0.15, 0.2) is 0 Å². The lowest BCUT2D eigenvalue weighted by Crippen LogP contribution is -2.44. The third kappa shape index (κ3) is 2.91. The number of hydrogen-bond donors (Lipinski definition) is 1. The number of nitrogens with one attached hydrogen (secondary N) is 1. The Morgan fingerprint density at radius 1 is 1.56 bits per heavy atom. The molecular formula is C11H18N2O2S3. The quantitative estimate of drug-likeness (QED) is 0.918. The molecule has 2 rings (SSSR count). The van der Waals surface area contributed by atoms with Crippen LogP contribution in [0.15, 0.2) is 16.3 Å². The van der Waals surface area contributed by atoms with Crippen LogP contribution < -0.4 is 5.32 Å². The SMILES string of the molecule is CNCc1cc(S(=O)(=O)N2CCSCC2C)cs1. The highest BCUT2D eigenvalue weighted by Crippen LogP contribution is 2.27. The monoisotopic (exact) mass is 306 g/mol. The highest BCUT2D eigenvalue weighted by atomic mass is 32.2. The molecule has 7 heteroatoms. The fourth-order valence-corrected chi connectivity index (χ4v) is 6.10. The van der Waals surface area contributed by atoms with Crippen molar-refractivity contribution in [3.63, 3.8) is 0 Å². The highest BCUT2D eigenvalue weighted by molar-refractivity contribution is 7.99. The van der Waals surface area contributed by atoms with E-state index in [9.17, 15) is 8.42 Å². The summed E-state index contributed by atoms with van der Waals surface area (Å²) < 4.78 is 26.7. The minimum atomic E-state index is -3.31. The first-order valence-corrected chi connectivity index (χ1v) is 9.34. The summed E-state index contributed by atoms with van der Waals surface area (Å²) in [6.45, 7) is 3.31. The Bertz CT molecular complexity index is 498. The van der Waals surface area contributed by atoms with Crippen LogP contribution in [0.2, 0.25) is 0 Å². The van der Waals surface area contributed by atoms with Crippen molar-refractivity contribution in [2.24, 2.45) is 0 Å². The predicted molar refractivity (Wildman–Crippen MR) is 77.8 cm³/mol. The molecule has 0 aromatic carbocycles. The molecule has 1 N–H and O–H groups in total. The van der Waals surface area contributed by atoms with Crippen molar-refractivity contribution in [2.45, 2.75) is 24.4 Å². The van der Waals surface area contributed by atoms with Gasteiger partial charge in [0.05, 0.1) is 4.90 Å². The van der Waals surface area contributed by atoms with E-state index in [2.05, 4.69) is 5.32 Å². The first-order chi connectivity index (χ1) is 8.55. The number of hydrogen-bond acceptors (Lipinski definition) is 5. The van der Waals surface area contributed by atoms with Gasteiger partial charge in [-0.1, -0.05) is 0 Å². The van der Waals surface area contributed by atoms with Gasteiger partial charge in [0, 0.05) is 40.9 Å². The normalized spacial score (nSPS) is 22.2. The Morgan fingerprint density at radius 3 is 3.00 bits per heavy atom. The van der Waals surface area contributed by atoms with E-state index in [0.717, 1.165) is 16.4 Å². The van der Waals surface area contributed by atoms with Crippen LogP contribution in [0, 0.1) is 0 Å². The van der Waals surface area contributed by atoms with Crippen LogP contribution in [-0.4, -0.2) is 43.9 Å². The largest absolute Gasteiger partial charge is 0.315 e. The summed E-state index contributed by atoms with van der Waals surface area (Å²) in [5.74, 6) is 1.77. The number of thioether (sulfide) groups is 1. The minimum absolute atomic E-state index is 0.0846. The van der Waals surface area contributed by atoms with Gasteiger partial charge in [-0.15, -0.1) is 11.3 Å². The summed E-state index contributed by atoms with van der Waals surface area (Å²) in [6.07, 6.45) is 0. The van der Waals surface area contributed by atoms with Gasteiger partial charge in [0.2, 0.25) is 10.0 Å². The molecule has 4 nitrogen and oxygen atoms in total. The number of rotatable bonds is 4. The van der Waals surface area contributed by atoms with Crippen molar-refractivity contribution >= 4 is 33.1 Å². The first kappa shape index (κ1) is 14.3. The van der Waals surface area contributed by atoms with Crippen molar-refractivity contribution in [3.05, 3.63) is 16.3 Å². The molecule has 0 radical (unpaired) electrons. The van der Waals surface area contributed by atoms with Crippen LogP contribution >= 0.6 is 23.1 Å². The first-order valence-electron chi connectivity index (χ1n) is 5.87. The third-order valence-electron chi connectivity index (χ3n) is 2.89. The molecule has 18 heavy (non-hydrogen) atoms. The number of thiophene rings is 1. The molecule has 102 valence electrons. The van der Waals surface area contributed by atoms with E-state index in [4.69, 9.17) is 0 Å². The van der Waals surface area contributed by atoms with Crippen molar-refractivity contribution in [1.29, 1.82) is 0 Å². The minimum Gasteiger partial charge on any atom is -0.315 e. The molecule has 0 spiro atoms. The molecule has 1 aliphatic heterocycles. The fourth-order valence-electron chi connectivity index (χ4n) is 1.97. The molecule has 2 heterocycles. The number of nitrogens with zero attached hydrogens (tertiary/aromatic N) is 1. The maximum atomic E-state index is 12.5. The Hall–Kier alpha value is -0.0800. The molecule has 0 bridgehead atoms. The van der Waals surface area contributed by atoms with Crippen molar-refractivity contribution in [2.75, 3.05) is 25.1 Å². The molecule has 1 aliphatic rings. The number of sulfonamides is 1. The molecule has 1 atom stereocenters. The molecule has 0 aliphatic carbocycles. The van der Waals surface area contributed by atoms with E-state index in [1.165, 1.54) is 11.3 Å². The van der Waals surface area contributed by atoms with Gasteiger partial charge in [-0.3, -0.25) is 0 Å². The van der Waals surface area contributed by atoms with Gasteiger partial charge >= 0.3 is 0 Å². The summed E-state index contributed by atoms with van der Waals surface area (Å²) in [5, 5.41) is 4.78. The average Bonchev–Trinajstić information content (AvgIpc) is 2.79. The maximum Gasteiger partial charge on any atom is 0.244 e. The predicted octanol–water partition coefficient (Wildman–Crippen LogP) is 1.59. The van der Waals surface area contributed by atoms with E-state index in [-0.39, 0.29) is 6.04 Å². The lowest BCUT2D eigenvalue weighted by Gasteiger charge is -2.31. The summed E-state index contributed by atoms with van der Waals surface area (Å²) in [6, 6.07) is 1.87. The lowest BCUT2D eigenvalue weighted by atomic mass is 10.4. The smallest absolute Gasteiger partial charge is 0.244 e. The van der Waals surface area contributed by atoms with Crippen molar-refractivity contribution in [1.82, 2.24) is 9.62 Å². The van der Waals surface area contributed by atoms with Crippen LogP contribution in [0.4, 0.5) is 0 Å². The summed E-state index contributed by atoms with van der Waals surface area (Å²) in [7, 11) is -1.45. The zero-order chi connectivity index (χ0) is 13.2. The Morgan fingerprint density at radius 2 is 2.33 bits per heavy atom. The Kier molecular flexibility index (Phi) is 4.71. The van der Waals surface area contributed by atoms with Gasteiger partial charge in [-0.2, -0.15) is 16.1 Å². The van der Waals surface area contributed by atoms with Gasteiger partial charge in [0.1, 0.15) is 0 Å². The van der Waals surface area contributed by atoms with E-state index in [1.54, 1.807) is 15.8 Å². The maximum absolute atomic E-state index is 12.5. The lowest BCUT2D eigenvalue weighted by molar-refractivity contribution is 0.368. The van der Waals surface area contributed by atoms with E-state index in [0.29, 0.717) is 18.0 Å². The second-order valence-corrected chi connectivity index (χ2v) is 8.35. The Balaban J connectivity index is 2.23. The molecule has 1 fully saturated rings. The van der Waals surface area contributed by atoms with E-state index < -0.39 is 10.0 Å². The third-order valence-corrected chi connectivity index (χ3v) is 7.16. The highest BCUT2D eigenvalue weighted by Gasteiger charge is 2.31. The van der Waals surface area contributed by atoms with Crippen molar-refractivity contribution < 1.29 is 8.42 Å². The zero-order valence-corrected chi connectivity index (χ0v) is 13.0. The van der Waals surface area contributed by atoms with Crippen LogP contribution in [0.1, 0.15) is 11.8 Å². The average molecular weight is 306 g/mol. The Labute approximate surface area is 117 Å². The van der Waals surface area contributed by atoms with Crippen LogP contribution in [0.5, 0.6) is 0 Å². The summed E-state index contributed by atoms with van der Waals surface area (Å²) in [5.41, 5.74) is 0. The summed E-state index contributed by atoms with van der Waals surface area (Å²) >= 11 is 3.31. The second kappa shape index (κ2) is 5.92.